The number of aromatic nitrogens is 1. The highest BCUT2D eigenvalue weighted by Crippen LogP contribution is 2.38. The van der Waals surface area contributed by atoms with Crippen molar-refractivity contribution in [2.24, 2.45) is 0 Å². The summed E-state index contributed by atoms with van der Waals surface area (Å²) in [4.78, 5) is 9.14. The van der Waals surface area contributed by atoms with Crippen molar-refractivity contribution in [1.29, 1.82) is 0 Å². The molecule has 3 aliphatic heterocycles. The van der Waals surface area contributed by atoms with E-state index >= 15 is 0 Å². The van der Waals surface area contributed by atoms with Crippen LogP contribution in [0.2, 0.25) is 0 Å². The number of rotatable bonds is 6. The number of anilines is 1. The van der Waals surface area contributed by atoms with Crippen molar-refractivity contribution in [3.05, 3.63) is 10.6 Å². The molecule has 1 aromatic rings. The third kappa shape index (κ3) is 3.33. The predicted octanol–water partition coefficient (Wildman–Crippen LogP) is 2.78. The molecule has 1 aromatic heterocycles. The van der Waals surface area contributed by atoms with Crippen LogP contribution in [0.15, 0.2) is 0 Å². The minimum atomic E-state index is 0.616. The average Bonchev–Trinajstić information content (AvgIpc) is 3.12. The lowest BCUT2D eigenvalue weighted by atomic mass is 10.2. The summed E-state index contributed by atoms with van der Waals surface area (Å²) in [5, 5.41) is 4.85. The maximum Gasteiger partial charge on any atom is 0.186 e. The molecule has 134 valence electrons. The summed E-state index contributed by atoms with van der Waals surface area (Å²) < 4.78 is 6.09. The molecule has 2 bridgehead atoms. The Morgan fingerprint density at radius 2 is 2.04 bits per heavy atom. The molecule has 2 N–H and O–H groups in total. The molecule has 0 saturated carbocycles. The number of nitrogens with one attached hydrogen (secondary N) is 2. The highest BCUT2D eigenvalue weighted by Gasteiger charge is 2.38. The van der Waals surface area contributed by atoms with Crippen molar-refractivity contribution in [1.82, 2.24) is 19.3 Å². The molecule has 2 atom stereocenters. The van der Waals surface area contributed by atoms with Crippen LogP contribution in [0.25, 0.3) is 0 Å². The van der Waals surface area contributed by atoms with Crippen molar-refractivity contribution in [2.45, 2.75) is 70.6 Å². The molecular formula is C17H29N5S2. The molecule has 0 aromatic carbocycles. The van der Waals surface area contributed by atoms with Crippen LogP contribution in [0.5, 0.6) is 0 Å². The second-order valence-corrected chi connectivity index (χ2v) is 9.15. The molecule has 2 fully saturated rings. The smallest absolute Gasteiger partial charge is 0.186 e. The van der Waals surface area contributed by atoms with Gasteiger partial charge in [-0.3, -0.25) is 0 Å². The lowest BCUT2D eigenvalue weighted by Crippen LogP contribution is -2.51. The maximum absolute atomic E-state index is 5.04. The Morgan fingerprint density at radius 1 is 1.29 bits per heavy atom. The summed E-state index contributed by atoms with van der Waals surface area (Å²) in [5.74, 6) is 0. The summed E-state index contributed by atoms with van der Waals surface area (Å²) in [6.45, 7) is 8.90. The first kappa shape index (κ1) is 17.1. The fraction of sp³-hybridized carbons (Fsp3) is 0.824. The van der Waals surface area contributed by atoms with Crippen LogP contribution in [0.4, 0.5) is 5.13 Å². The SMILES string of the molecule is CCC(CC)NSN1CCc2nc(N3C4CCC3CNC4)sc2C1. The van der Waals surface area contributed by atoms with Crippen molar-refractivity contribution in [3.63, 3.8) is 0 Å². The van der Waals surface area contributed by atoms with Gasteiger partial charge >= 0.3 is 0 Å². The first-order valence-electron chi connectivity index (χ1n) is 9.43. The van der Waals surface area contributed by atoms with Crippen molar-refractivity contribution in [3.8, 4) is 0 Å². The Hall–Kier alpha value is -0.340. The maximum atomic E-state index is 5.04. The number of piperazine rings is 1. The van der Waals surface area contributed by atoms with Crippen LogP contribution < -0.4 is 14.9 Å². The third-order valence-corrected chi connectivity index (χ3v) is 7.72. The van der Waals surface area contributed by atoms with Crippen molar-refractivity contribution in [2.75, 3.05) is 24.5 Å². The first-order valence-corrected chi connectivity index (χ1v) is 11.0. The summed E-state index contributed by atoms with van der Waals surface area (Å²) in [6, 6.07) is 1.95. The second-order valence-electron chi connectivity index (χ2n) is 7.15. The molecule has 2 unspecified atom stereocenters. The van der Waals surface area contributed by atoms with Crippen LogP contribution in [-0.4, -0.2) is 47.0 Å². The minimum absolute atomic E-state index is 0.616. The molecule has 7 heteroatoms. The van der Waals surface area contributed by atoms with Gasteiger partial charge in [0.15, 0.2) is 5.13 Å². The van der Waals surface area contributed by atoms with E-state index in [0.29, 0.717) is 18.1 Å². The Balaban J connectivity index is 1.41. The molecule has 3 aliphatic rings. The number of hydrogen-bond donors (Lipinski definition) is 2. The number of nitrogens with zero attached hydrogens (tertiary/aromatic N) is 3. The Labute approximate surface area is 153 Å². The van der Waals surface area contributed by atoms with Crippen LogP contribution in [0.1, 0.15) is 50.1 Å². The van der Waals surface area contributed by atoms with E-state index in [-0.39, 0.29) is 0 Å². The van der Waals surface area contributed by atoms with Gasteiger partial charge in [0, 0.05) is 67.7 Å². The van der Waals surface area contributed by atoms with E-state index in [1.165, 1.54) is 41.4 Å². The van der Waals surface area contributed by atoms with Gasteiger partial charge in [0.1, 0.15) is 0 Å². The summed E-state index contributed by atoms with van der Waals surface area (Å²) in [7, 11) is 0. The van der Waals surface area contributed by atoms with Gasteiger partial charge in [0.25, 0.3) is 0 Å². The topological polar surface area (TPSA) is 43.4 Å². The Morgan fingerprint density at radius 3 is 2.75 bits per heavy atom. The molecular weight excluding hydrogens is 338 g/mol. The van der Waals surface area contributed by atoms with E-state index in [2.05, 4.69) is 33.1 Å². The van der Waals surface area contributed by atoms with Gasteiger partial charge in [-0.15, -0.1) is 11.3 Å². The van der Waals surface area contributed by atoms with Gasteiger partial charge in [-0.2, -0.15) is 0 Å². The summed E-state index contributed by atoms with van der Waals surface area (Å²) >= 11 is 3.76. The quantitative estimate of drug-likeness (QED) is 0.754. The molecule has 2 saturated heterocycles. The van der Waals surface area contributed by atoms with Crippen LogP contribution >= 0.6 is 23.5 Å². The summed E-state index contributed by atoms with van der Waals surface area (Å²) in [5.41, 5.74) is 1.35. The highest BCUT2D eigenvalue weighted by molar-refractivity contribution is 7.95. The monoisotopic (exact) mass is 367 g/mol. The fourth-order valence-electron chi connectivity index (χ4n) is 4.04. The van der Waals surface area contributed by atoms with E-state index < -0.39 is 0 Å². The molecule has 0 aliphatic carbocycles. The molecule has 4 heterocycles. The first-order chi connectivity index (χ1) is 11.8. The zero-order chi connectivity index (χ0) is 16.5. The average molecular weight is 368 g/mol. The molecule has 0 spiro atoms. The van der Waals surface area contributed by atoms with Crippen molar-refractivity contribution < 1.29 is 0 Å². The van der Waals surface area contributed by atoms with Gasteiger partial charge in [-0.05, 0) is 25.7 Å². The molecule has 5 nitrogen and oxygen atoms in total. The van der Waals surface area contributed by atoms with Crippen LogP contribution in [0.3, 0.4) is 0 Å². The lowest BCUT2D eigenvalue weighted by molar-refractivity contribution is 0.437. The Kier molecular flexibility index (Phi) is 5.34. The van der Waals surface area contributed by atoms with Gasteiger partial charge < -0.3 is 10.2 Å². The summed E-state index contributed by atoms with van der Waals surface area (Å²) in [6.07, 6.45) is 6.12. The third-order valence-electron chi connectivity index (χ3n) is 5.62. The zero-order valence-corrected chi connectivity index (χ0v) is 16.4. The highest BCUT2D eigenvalue weighted by atomic mass is 32.2. The Bertz CT molecular complexity index is 543. The van der Waals surface area contributed by atoms with Gasteiger partial charge in [0.2, 0.25) is 0 Å². The largest absolute Gasteiger partial charge is 0.340 e. The van der Waals surface area contributed by atoms with Gasteiger partial charge in [0.05, 0.1) is 5.69 Å². The van der Waals surface area contributed by atoms with Gasteiger partial charge in [-0.25, -0.2) is 14.0 Å². The second kappa shape index (κ2) is 7.50. The van der Waals surface area contributed by atoms with E-state index in [1.807, 2.05) is 23.5 Å². The molecule has 0 amide bonds. The molecule has 4 rings (SSSR count). The van der Waals surface area contributed by atoms with Gasteiger partial charge in [-0.1, -0.05) is 13.8 Å². The minimum Gasteiger partial charge on any atom is -0.340 e. The van der Waals surface area contributed by atoms with Crippen molar-refractivity contribution >= 4 is 28.6 Å². The van der Waals surface area contributed by atoms with E-state index in [4.69, 9.17) is 4.98 Å². The lowest BCUT2D eigenvalue weighted by Gasteiger charge is -2.35. The standard InChI is InChI=1S/C17H29N5S2/c1-3-12(4-2)20-24-21-8-7-15-16(11-21)23-17(19-15)22-13-5-6-14(22)10-18-9-13/h12-14,18,20H,3-11H2,1-2H3. The number of thiazole rings is 1. The van der Waals surface area contributed by atoms with Crippen LogP contribution in [-0.2, 0) is 13.0 Å². The number of hydrogen-bond acceptors (Lipinski definition) is 7. The van der Waals surface area contributed by atoms with Crippen LogP contribution in [0, 0.1) is 0 Å². The normalized spacial score (nSPS) is 27.0. The zero-order valence-electron chi connectivity index (χ0n) is 14.8. The van der Waals surface area contributed by atoms with E-state index in [0.717, 1.165) is 32.6 Å². The van der Waals surface area contributed by atoms with E-state index in [1.54, 1.807) is 0 Å². The fourth-order valence-corrected chi connectivity index (χ4v) is 6.40. The predicted molar refractivity (Wildman–Crippen MR) is 103 cm³/mol. The number of fused-ring (bicyclic) bond motifs is 3. The molecule has 24 heavy (non-hydrogen) atoms. The van der Waals surface area contributed by atoms with E-state index in [9.17, 15) is 0 Å². The molecule has 0 radical (unpaired) electrons.